The molecule has 0 saturated carbocycles. The molecule has 0 aliphatic heterocycles. The molecule has 0 unspecified atom stereocenters. The minimum absolute atomic E-state index is 0.109. The molecule has 0 bridgehead atoms. The van der Waals surface area contributed by atoms with Crippen molar-refractivity contribution in [1.82, 2.24) is 10.3 Å². The molecule has 2 aromatic rings. The number of hydrazone groups is 1. The van der Waals surface area contributed by atoms with Crippen molar-refractivity contribution in [1.29, 1.82) is 0 Å². The van der Waals surface area contributed by atoms with Crippen molar-refractivity contribution in [2.45, 2.75) is 6.54 Å². The molecule has 0 spiro atoms. The number of hydrogen-bond acceptors (Lipinski definition) is 5. The number of benzene rings is 2. The highest BCUT2D eigenvalue weighted by Gasteiger charge is 2.08. The van der Waals surface area contributed by atoms with Crippen LogP contribution in [0.15, 0.2) is 52.0 Å². The largest absolute Gasteiger partial charge is 0.497 e. The molecular formula is C19H22BrN3O3. The first-order valence-electron chi connectivity index (χ1n) is 8.00. The molecule has 0 aliphatic rings. The molecule has 2 aromatic carbocycles. The van der Waals surface area contributed by atoms with Crippen LogP contribution in [0.1, 0.15) is 11.1 Å². The number of carbonyl (C=O) groups excluding carboxylic acids is 1. The topological polar surface area (TPSA) is 63.2 Å². The SMILES string of the molecule is COc1ccc(/C=N/NC(=O)COc2ccc(Br)cc2CN(C)C)cc1. The number of carbonyl (C=O) groups is 1. The van der Waals surface area contributed by atoms with Gasteiger partial charge in [-0.25, -0.2) is 5.43 Å². The number of methoxy groups -OCH3 is 1. The van der Waals surface area contributed by atoms with E-state index in [1.54, 1.807) is 13.3 Å². The van der Waals surface area contributed by atoms with Crippen LogP contribution in [-0.2, 0) is 11.3 Å². The lowest BCUT2D eigenvalue weighted by Gasteiger charge is -2.15. The van der Waals surface area contributed by atoms with Crippen LogP contribution in [0.3, 0.4) is 0 Å². The van der Waals surface area contributed by atoms with Crippen LogP contribution in [0, 0.1) is 0 Å². The minimum Gasteiger partial charge on any atom is -0.497 e. The molecule has 1 amide bonds. The Labute approximate surface area is 161 Å². The molecule has 6 nitrogen and oxygen atoms in total. The molecule has 138 valence electrons. The minimum atomic E-state index is -0.325. The van der Waals surface area contributed by atoms with Gasteiger partial charge in [0.05, 0.1) is 13.3 Å². The monoisotopic (exact) mass is 419 g/mol. The van der Waals surface area contributed by atoms with Gasteiger partial charge in [-0.05, 0) is 62.1 Å². The Morgan fingerprint density at radius 1 is 1.23 bits per heavy atom. The Bertz CT molecular complexity index is 761. The molecule has 2 rings (SSSR count). The zero-order valence-corrected chi connectivity index (χ0v) is 16.6. The highest BCUT2D eigenvalue weighted by atomic mass is 79.9. The van der Waals surface area contributed by atoms with E-state index in [2.05, 4.69) is 26.5 Å². The Morgan fingerprint density at radius 3 is 2.62 bits per heavy atom. The number of hydrogen-bond donors (Lipinski definition) is 1. The van der Waals surface area contributed by atoms with Gasteiger partial charge in [0.25, 0.3) is 5.91 Å². The molecule has 0 saturated heterocycles. The highest BCUT2D eigenvalue weighted by molar-refractivity contribution is 9.10. The quantitative estimate of drug-likeness (QED) is 0.527. The van der Waals surface area contributed by atoms with E-state index in [9.17, 15) is 4.79 Å². The van der Waals surface area contributed by atoms with Gasteiger partial charge < -0.3 is 14.4 Å². The Balaban J connectivity index is 1.87. The van der Waals surface area contributed by atoms with E-state index in [4.69, 9.17) is 9.47 Å². The van der Waals surface area contributed by atoms with Gasteiger partial charge in [-0.3, -0.25) is 4.79 Å². The summed E-state index contributed by atoms with van der Waals surface area (Å²) in [6.45, 7) is 0.605. The summed E-state index contributed by atoms with van der Waals surface area (Å²) in [5, 5.41) is 3.93. The molecule has 0 atom stereocenters. The van der Waals surface area contributed by atoms with Gasteiger partial charge in [0.1, 0.15) is 11.5 Å². The van der Waals surface area contributed by atoms with Gasteiger partial charge in [-0.1, -0.05) is 15.9 Å². The molecule has 0 aliphatic carbocycles. The van der Waals surface area contributed by atoms with Crippen molar-refractivity contribution in [3.8, 4) is 11.5 Å². The van der Waals surface area contributed by atoms with Crippen LogP contribution >= 0.6 is 15.9 Å². The lowest BCUT2D eigenvalue weighted by molar-refractivity contribution is -0.123. The first-order chi connectivity index (χ1) is 12.5. The lowest BCUT2D eigenvalue weighted by atomic mass is 10.2. The molecule has 7 heteroatoms. The number of amides is 1. The maximum atomic E-state index is 11.9. The number of rotatable bonds is 8. The predicted octanol–water partition coefficient (Wildman–Crippen LogP) is 3.05. The van der Waals surface area contributed by atoms with Crippen molar-refractivity contribution >= 4 is 28.1 Å². The summed E-state index contributed by atoms with van der Waals surface area (Å²) in [7, 11) is 5.56. The first-order valence-corrected chi connectivity index (χ1v) is 8.79. The van der Waals surface area contributed by atoms with Crippen LogP contribution in [0.25, 0.3) is 0 Å². The number of nitrogens with zero attached hydrogens (tertiary/aromatic N) is 2. The van der Waals surface area contributed by atoms with Gasteiger partial charge in [0.15, 0.2) is 6.61 Å². The van der Waals surface area contributed by atoms with Gasteiger partial charge in [0, 0.05) is 16.6 Å². The number of nitrogens with one attached hydrogen (secondary N) is 1. The third-order valence-corrected chi connectivity index (χ3v) is 3.88. The smallest absolute Gasteiger partial charge is 0.277 e. The van der Waals surface area contributed by atoms with E-state index < -0.39 is 0 Å². The predicted molar refractivity (Wildman–Crippen MR) is 106 cm³/mol. The Kier molecular flexibility index (Phi) is 7.62. The van der Waals surface area contributed by atoms with E-state index in [1.807, 2.05) is 61.5 Å². The summed E-state index contributed by atoms with van der Waals surface area (Å²) in [6, 6.07) is 13.1. The van der Waals surface area contributed by atoms with Crippen molar-refractivity contribution in [2.24, 2.45) is 5.10 Å². The lowest BCUT2D eigenvalue weighted by Crippen LogP contribution is -2.25. The second-order valence-electron chi connectivity index (χ2n) is 5.84. The normalized spacial score (nSPS) is 11.0. The molecule has 26 heavy (non-hydrogen) atoms. The molecule has 0 radical (unpaired) electrons. The maximum Gasteiger partial charge on any atom is 0.277 e. The maximum absolute atomic E-state index is 11.9. The average molecular weight is 420 g/mol. The van der Waals surface area contributed by atoms with E-state index in [1.165, 1.54) is 0 Å². The summed E-state index contributed by atoms with van der Waals surface area (Å²) in [6.07, 6.45) is 1.56. The average Bonchev–Trinajstić information content (AvgIpc) is 2.61. The van der Waals surface area contributed by atoms with E-state index in [0.29, 0.717) is 12.3 Å². The summed E-state index contributed by atoms with van der Waals surface area (Å²) in [5.74, 6) is 1.12. The fourth-order valence-corrected chi connectivity index (χ4v) is 2.61. The van der Waals surface area contributed by atoms with Crippen LogP contribution < -0.4 is 14.9 Å². The van der Waals surface area contributed by atoms with Gasteiger partial charge in [-0.15, -0.1) is 0 Å². The van der Waals surface area contributed by atoms with Gasteiger partial charge in [0.2, 0.25) is 0 Å². The fraction of sp³-hybridized carbons (Fsp3) is 0.263. The summed E-state index contributed by atoms with van der Waals surface area (Å²) in [5.41, 5.74) is 4.31. The van der Waals surface area contributed by atoms with Gasteiger partial charge >= 0.3 is 0 Å². The number of halogens is 1. The third-order valence-electron chi connectivity index (χ3n) is 3.39. The van der Waals surface area contributed by atoms with Crippen molar-refractivity contribution in [3.63, 3.8) is 0 Å². The van der Waals surface area contributed by atoms with E-state index in [0.717, 1.165) is 21.3 Å². The van der Waals surface area contributed by atoms with Crippen LogP contribution in [0.2, 0.25) is 0 Å². The number of ether oxygens (including phenoxy) is 2. The Hall–Kier alpha value is -2.38. The summed E-state index contributed by atoms with van der Waals surface area (Å²) < 4.78 is 11.7. The van der Waals surface area contributed by atoms with E-state index >= 15 is 0 Å². The molecule has 1 N–H and O–H groups in total. The van der Waals surface area contributed by atoms with Crippen molar-refractivity contribution in [2.75, 3.05) is 27.8 Å². The molecule has 0 heterocycles. The second kappa shape index (κ2) is 9.94. The zero-order chi connectivity index (χ0) is 18.9. The molecular weight excluding hydrogens is 398 g/mol. The van der Waals surface area contributed by atoms with E-state index in [-0.39, 0.29) is 12.5 Å². The fourth-order valence-electron chi connectivity index (χ4n) is 2.20. The first kappa shape index (κ1) is 19.9. The zero-order valence-electron chi connectivity index (χ0n) is 15.0. The van der Waals surface area contributed by atoms with Crippen LogP contribution in [-0.4, -0.2) is 44.8 Å². The third kappa shape index (κ3) is 6.50. The standard InChI is InChI=1S/C19H22BrN3O3/c1-23(2)12-15-10-16(20)6-9-18(15)26-13-19(24)22-21-11-14-4-7-17(25-3)8-5-14/h4-11H,12-13H2,1-3H3,(H,22,24)/b21-11+. The second-order valence-corrected chi connectivity index (χ2v) is 6.76. The van der Waals surface area contributed by atoms with Crippen molar-refractivity contribution in [3.05, 3.63) is 58.1 Å². The van der Waals surface area contributed by atoms with Crippen LogP contribution in [0.5, 0.6) is 11.5 Å². The van der Waals surface area contributed by atoms with Crippen molar-refractivity contribution < 1.29 is 14.3 Å². The van der Waals surface area contributed by atoms with Crippen LogP contribution in [0.4, 0.5) is 0 Å². The highest BCUT2D eigenvalue weighted by Crippen LogP contribution is 2.24. The Morgan fingerprint density at radius 2 is 1.96 bits per heavy atom. The summed E-state index contributed by atoms with van der Waals surface area (Å²) >= 11 is 3.45. The molecule has 0 fully saturated rings. The van der Waals surface area contributed by atoms with Gasteiger partial charge in [-0.2, -0.15) is 5.10 Å². The molecule has 0 aromatic heterocycles. The summed E-state index contributed by atoms with van der Waals surface area (Å²) in [4.78, 5) is 14.0.